The van der Waals surface area contributed by atoms with Crippen LogP contribution < -0.4 is 5.73 Å². The second-order valence-electron chi connectivity index (χ2n) is 4.61. The lowest BCUT2D eigenvalue weighted by Gasteiger charge is -2.11. The highest BCUT2D eigenvalue weighted by molar-refractivity contribution is 6.30. The van der Waals surface area contributed by atoms with Crippen molar-refractivity contribution in [1.82, 2.24) is 15.2 Å². The minimum atomic E-state index is -0.594. The van der Waals surface area contributed by atoms with E-state index in [1.807, 2.05) is 18.2 Å². The summed E-state index contributed by atoms with van der Waals surface area (Å²) >= 11 is 6.04. The monoisotopic (exact) mass is 316 g/mol. The maximum absolute atomic E-state index is 12.0. The van der Waals surface area contributed by atoms with E-state index in [2.05, 4.69) is 15.2 Å². The van der Waals surface area contributed by atoms with Crippen LogP contribution in [0.5, 0.6) is 0 Å². The van der Waals surface area contributed by atoms with Crippen LogP contribution in [-0.4, -0.2) is 27.8 Å². The number of nitrogens with zero attached hydrogens (tertiary/aromatic N) is 2. The maximum atomic E-state index is 12.0. The Hall–Kier alpha value is -2.60. The van der Waals surface area contributed by atoms with Crippen LogP contribution in [0.1, 0.15) is 17.4 Å². The molecular weight excluding hydrogens is 304 g/mol. The number of nitrogen functional groups attached to an aromatic ring is 1. The third-order valence-electron chi connectivity index (χ3n) is 3.27. The van der Waals surface area contributed by atoms with Crippen molar-refractivity contribution >= 4 is 34.2 Å². The zero-order valence-corrected chi connectivity index (χ0v) is 12.5. The number of pyridine rings is 1. The van der Waals surface area contributed by atoms with Gasteiger partial charge in [0.05, 0.1) is 24.0 Å². The quantitative estimate of drug-likeness (QED) is 0.572. The first kappa shape index (κ1) is 14.3. The van der Waals surface area contributed by atoms with Crippen molar-refractivity contribution in [1.29, 1.82) is 0 Å². The van der Waals surface area contributed by atoms with Crippen molar-refractivity contribution in [3.63, 3.8) is 0 Å². The van der Waals surface area contributed by atoms with E-state index >= 15 is 0 Å². The number of esters is 1. The van der Waals surface area contributed by atoms with Gasteiger partial charge in [0.15, 0.2) is 5.69 Å². The molecule has 1 aromatic carbocycles. The van der Waals surface area contributed by atoms with Gasteiger partial charge >= 0.3 is 5.97 Å². The molecule has 2 aromatic heterocycles. The molecule has 22 heavy (non-hydrogen) atoms. The lowest BCUT2D eigenvalue weighted by atomic mass is 10.0. The molecule has 0 aliphatic heterocycles. The normalized spacial score (nSPS) is 10.8. The SMILES string of the molecule is CCOC(=O)c1nc(Cl)cc(-c2cccc3[nH]ncc23)c1N. The van der Waals surface area contributed by atoms with Gasteiger partial charge in [0.25, 0.3) is 0 Å². The number of nitrogens with two attached hydrogens (primary N) is 1. The van der Waals surface area contributed by atoms with Gasteiger partial charge in [-0.2, -0.15) is 5.10 Å². The Kier molecular flexibility index (Phi) is 3.68. The Balaban J connectivity index is 2.23. The molecular formula is C15H13ClN4O2. The topological polar surface area (TPSA) is 93.9 Å². The predicted molar refractivity (Wildman–Crippen MR) is 84.7 cm³/mol. The van der Waals surface area contributed by atoms with Crippen molar-refractivity contribution < 1.29 is 9.53 Å². The first-order chi connectivity index (χ1) is 10.6. The number of fused-ring (bicyclic) bond motifs is 1. The Morgan fingerprint density at radius 3 is 3.00 bits per heavy atom. The zero-order valence-electron chi connectivity index (χ0n) is 11.8. The summed E-state index contributed by atoms with van der Waals surface area (Å²) in [5.41, 5.74) is 8.68. The second kappa shape index (κ2) is 5.65. The molecule has 2 heterocycles. The number of hydrogen-bond acceptors (Lipinski definition) is 5. The van der Waals surface area contributed by atoms with Gasteiger partial charge in [-0.05, 0) is 24.6 Å². The smallest absolute Gasteiger partial charge is 0.359 e. The fourth-order valence-corrected chi connectivity index (χ4v) is 2.50. The van der Waals surface area contributed by atoms with E-state index in [0.29, 0.717) is 5.56 Å². The molecule has 7 heteroatoms. The number of hydrogen-bond donors (Lipinski definition) is 2. The second-order valence-corrected chi connectivity index (χ2v) is 5.00. The van der Waals surface area contributed by atoms with Crippen molar-refractivity contribution in [3.8, 4) is 11.1 Å². The van der Waals surface area contributed by atoms with Crippen LogP contribution in [0.2, 0.25) is 5.15 Å². The number of nitrogens with one attached hydrogen (secondary N) is 1. The summed E-state index contributed by atoms with van der Waals surface area (Å²) in [7, 11) is 0. The van der Waals surface area contributed by atoms with E-state index in [1.165, 1.54) is 0 Å². The van der Waals surface area contributed by atoms with Gasteiger partial charge < -0.3 is 10.5 Å². The largest absolute Gasteiger partial charge is 0.461 e. The van der Waals surface area contributed by atoms with Crippen molar-refractivity contribution in [2.24, 2.45) is 0 Å². The number of aromatic nitrogens is 3. The van der Waals surface area contributed by atoms with E-state index in [0.717, 1.165) is 16.5 Å². The van der Waals surface area contributed by atoms with Crippen LogP contribution in [0.3, 0.4) is 0 Å². The molecule has 6 nitrogen and oxygen atoms in total. The average Bonchev–Trinajstić information content (AvgIpc) is 2.98. The van der Waals surface area contributed by atoms with Gasteiger partial charge in [-0.3, -0.25) is 5.10 Å². The molecule has 0 bridgehead atoms. The van der Waals surface area contributed by atoms with Crippen LogP contribution in [-0.2, 0) is 4.74 Å². The van der Waals surface area contributed by atoms with Gasteiger partial charge in [0.1, 0.15) is 5.15 Å². The molecule has 3 N–H and O–H groups in total. The predicted octanol–water partition coefficient (Wildman–Crippen LogP) is 3.04. The summed E-state index contributed by atoms with van der Waals surface area (Å²) in [5.74, 6) is -0.594. The summed E-state index contributed by atoms with van der Waals surface area (Å²) in [6.45, 7) is 1.95. The lowest BCUT2D eigenvalue weighted by molar-refractivity contribution is 0.0521. The number of aromatic amines is 1. The Labute approximate surface area is 131 Å². The maximum Gasteiger partial charge on any atom is 0.359 e. The van der Waals surface area contributed by atoms with Crippen LogP contribution in [0.4, 0.5) is 5.69 Å². The summed E-state index contributed by atoms with van der Waals surface area (Å²) in [5, 5.41) is 7.97. The summed E-state index contributed by atoms with van der Waals surface area (Å²) in [4.78, 5) is 16.0. The highest BCUT2D eigenvalue weighted by Crippen LogP contribution is 2.34. The van der Waals surface area contributed by atoms with Gasteiger partial charge in [0.2, 0.25) is 0 Å². The third kappa shape index (κ3) is 2.37. The Morgan fingerprint density at radius 1 is 1.41 bits per heavy atom. The molecule has 0 aliphatic rings. The molecule has 0 atom stereocenters. The molecule has 3 rings (SSSR count). The standard InChI is InChI=1S/C15H13ClN4O2/c1-2-22-15(21)14-13(17)9(6-12(16)19-14)8-4-3-5-11-10(8)7-18-20-11/h3-7H,2,17H2,1H3,(H,18,20). The molecule has 0 fully saturated rings. The molecule has 0 unspecified atom stereocenters. The van der Waals surface area contributed by atoms with E-state index in [-0.39, 0.29) is 23.1 Å². The molecule has 0 radical (unpaired) electrons. The number of halogens is 1. The molecule has 0 saturated carbocycles. The minimum Gasteiger partial charge on any atom is -0.461 e. The van der Waals surface area contributed by atoms with Gasteiger partial charge in [-0.25, -0.2) is 9.78 Å². The minimum absolute atomic E-state index is 0.0184. The van der Waals surface area contributed by atoms with Gasteiger partial charge in [0, 0.05) is 10.9 Å². The molecule has 112 valence electrons. The lowest BCUT2D eigenvalue weighted by Crippen LogP contribution is -2.11. The van der Waals surface area contributed by atoms with Crippen LogP contribution in [0, 0.1) is 0 Å². The Bertz CT molecular complexity index is 860. The number of rotatable bonds is 3. The molecule has 0 saturated heterocycles. The first-order valence-electron chi connectivity index (χ1n) is 6.67. The average molecular weight is 317 g/mol. The van der Waals surface area contributed by atoms with Gasteiger partial charge in [-0.1, -0.05) is 23.7 Å². The van der Waals surface area contributed by atoms with Crippen molar-refractivity contribution in [3.05, 3.63) is 41.3 Å². The number of anilines is 1. The highest BCUT2D eigenvalue weighted by atomic mass is 35.5. The van der Waals surface area contributed by atoms with E-state index in [9.17, 15) is 4.79 Å². The summed E-state index contributed by atoms with van der Waals surface area (Å²) in [6.07, 6.45) is 1.70. The number of carbonyl (C=O) groups excluding carboxylic acids is 1. The number of benzene rings is 1. The van der Waals surface area contributed by atoms with Crippen molar-refractivity contribution in [2.45, 2.75) is 6.92 Å². The zero-order chi connectivity index (χ0) is 15.7. The molecule has 0 amide bonds. The number of ether oxygens (including phenoxy) is 1. The summed E-state index contributed by atoms with van der Waals surface area (Å²) in [6, 6.07) is 7.28. The van der Waals surface area contributed by atoms with E-state index in [1.54, 1.807) is 19.2 Å². The fraction of sp³-hybridized carbons (Fsp3) is 0.133. The number of carbonyl (C=O) groups is 1. The first-order valence-corrected chi connectivity index (χ1v) is 7.05. The fourth-order valence-electron chi connectivity index (χ4n) is 2.30. The molecule has 0 aliphatic carbocycles. The molecule has 3 aromatic rings. The summed E-state index contributed by atoms with van der Waals surface area (Å²) < 4.78 is 4.97. The van der Waals surface area contributed by atoms with Gasteiger partial charge in [-0.15, -0.1) is 0 Å². The van der Waals surface area contributed by atoms with Crippen LogP contribution in [0.25, 0.3) is 22.0 Å². The Morgan fingerprint density at radius 2 is 2.23 bits per heavy atom. The van der Waals surface area contributed by atoms with Crippen molar-refractivity contribution in [2.75, 3.05) is 12.3 Å². The number of H-pyrrole nitrogens is 1. The van der Waals surface area contributed by atoms with E-state index in [4.69, 9.17) is 22.1 Å². The molecule has 0 spiro atoms. The van der Waals surface area contributed by atoms with Crippen LogP contribution >= 0.6 is 11.6 Å². The van der Waals surface area contributed by atoms with Crippen LogP contribution in [0.15, 0.2) is 30.5 Å². The van der Waals surface area contributed by atoms with E-state index < -0.39 is 5.97 Å². The highest BCUT2D eigenvalue weighted by Gasteiger charge is 2.19. The third-order valence-corrected chi connectivity index (χ3v) is 3.46.